The Labute approximate surface area is 287 Å². The van der Waals surface area contributed by atoms with Gasteiger partial charge in [0, 0.05) is 0 Å². The van der Waals surface area contributed by atoms with E-state index in [1.54, 1.807) is 12.2 Å². The Hall–Kier alpha value is -1.58. The third-order valence-electron chi connectivity index (χ3n) is 9.95. The zero-order valence-corrected chi connectivity index (χ0v) is 31.1. The minimum atomic E-state index is -0.325. The van der Waals surface area contributed by atoms with Gasteiger partial charge in [0.25, 0.3) is 0 Å². The van der Waals surface area contributed by atoms with Crippen LogP contribution in [-0.2, 0) is 9.59 Å². The molecule has 4 nitrogen and oxygen atoms in total. The van der Waals surface area contributed by atoms with Crippen LogP contribution in [0.15, 0.2) is 24.3 Å². The average Bonchev–Trinajstić information content (AvgIpc) is 3.67. The third kappa shape index (κ3) is 26.5. The number of allylic oxidation sites excluding steroid dienone is 2. The van der Waals surface area contributed by atoms with Crippen LogP contribution in [0.25, 0.3) is 0 Å². The maximum atomic E-state index is 12.4. The number of hydrogen-bond acceptors (Lipinski definition) is 2. The van der Waals surface area contributed by atoms with E-state index in [-0.39, 0.29) is 23.4 Å². The molecule has 46 heavy (non-hydrogen) atoms. The summed E-state index contributed by atoms with van der Waals surface area (Å²) >= 11 is 0. The monoisotopic (exact) mass is 643 g/mol. The lowest BCUT2D eigenvalue weighted by Crippen LogP contribution is -2.41. The lowest BCUT2D eigenvalue weighted by Gasteiger charge is -2.12. The van der Waals surface area contributed by atoms with Crippen LogP contribution in [0.4, 0.5) is 0 Å². The molecular weight excluding hydrogens is 564 g/mol. The lowest BCUT2D eigenvalue weighted by atomic mass is 10.0. The van der Waals surface area contributed by atoms with E-state index in [0.29, 0.717) is 0 Å². The standard InChI is InChI=1S/C42H78N2O2/c1-4-6-8-10-12-14-16-18-20-22-24-26-28-30-32-34-36-40(45)43-39-38-42(39,3)44-41(46)37-35-33-31-29-27-25-23-21-19-17-15-13-11-9-7-5-2/h34-37,39H,4-33,38H2,1-3H3,(H,43,45)(H,44,46). The van der Waals surface area contributed by atoms with Crippen molar-refractivity contribution in [3.8, 4) is 0 Å². The number of nitrogens with one attached hydrogen (secondary N) is 2. The molecule has 0 spiro atoms. The van der Waals surface area contributed by atoms with Crippen LogP contribution in [0, 0.1) is 0 Å². The highest BCUT2D eigenvalue weighted by atomic mass is 16.2. The molecule has 0 radical (unpaired) electrons. The fourth-order valence-electron chi connectivity index (χ4n) is 6.55. The van der Waals surface area contributed by atoms with Gasteiger partial charge in [-0.15, -0.1) is 0 Å². The summed E-state index contributed by atoms with van der Waals surface area (Å²) < 4.78 is 0. The Morgan fingerprint density at radius 2 is 0.804 bits per heavy atom. The molecule has 1 aliphatic carbocycles. The van der Waals surface area contributed by atoms with Gasteiger partial charge >= 0.3 is 0 Å². The first-order chi connectivity index (χ1) is 22.5. The van der Waals surface area contributed by atoms with Crippen molar-refractivity contribution in [3.05, 3.63) is 24.3 Å². The summed E-state index contributed by atoms with van der Waals surface area (Å²) in [6.45, 7) is 6.59. The van der Waals surface area contributed by atoms with Gasteiger partial charge in [0.15, 0.2) is 0 Å². The summed E-state index contributed by atoms with van der Waals surface area (Å²) in [6, 6.07) is 0.0221. The second kappa shape index (κ2) is 30.7. The van der Waals surface area contributed by atoms with Crippen molar-refractivity contribution in [2.75, 3.05) is 0 Å². The second-order valence-electron chi connectivity index (χ2n) is 14.7. The van der Waals surface area contributed by atoms with Crippen molar-refractivity contribution >= 4 is 11.8 Å². The molecule has 1 rings (SSSR count). The molecule has 4 heteroatoms. The van der Waals surface area contributed by atoms with E-state index >= 15 is 0 Å². The van der Waals surface area contributed by atoms with Gasteiger partial charge in [0.05, 0.1) is 11.6 Å². The van der Waals surface area contributed by atoms with E-state index in [1.165, 1.54) is 167 Å². The molecule has 2 N–H and O–H groups in total. The van der Waals surface area contributed by atoms with E-state index in [9.17, 15) is 9.59 Å². The van der Waals surface area contributed by atoms with Crippen LogP contribution < -0.4 is 10.6 Å². The van der Waals surface area contributed by atoms with Crippen LogP contribution in [0.3, 0.4) is 0 Å². The average molecular weight is 643 g/mol. The highest BCUT2D eigenvalue weighted by Crippen LogP contribution is 2.35. The molecule has 0 heterocycles. The van der Waals surface area contributed by atoms with Crippen molar-refractivity contribution in [1.29, 1.82) is 0 Å². The van der Waals surface area contributed by atoms with E-state index in [2.05, 4.69) is 24.5 Å². The smallest absolute Gasteiger partial charge is 0.244 e. The predicted molar refractivity (Wildman–Crippen MR) is 201 cm³/mol. The molecule has 2 atom stereocenters. The number of unbranched alkanes of at least 4 members (excludes halogenated alkanes) is 28. The normalized spacial score (nSPS) is 17.7. The summed E-state index contributed by atoms with van der Waals surface area (Å²) in [5.41, 5.74) is -0.325. The van der Waals surface area contributed by atoms with E-state index < -0.39 is 0 Å². The zero-order chi connectivity index (χ0) is 33.4. The largest absolute Gasteiger partial charge is 0.347 e. The van der Waals surface area contributed by atoms with Crippen molar-refractivity contribution < 1.29 is 9.59 Å². The number of hydrogen-bond donors (Lipinski definition) is 2. The number of amides is 2. The minimum absolute atomic E-state index is 0.0221. The highest BCUT2D eigenvalue weighted by Gasteiger charge is 2.51. The highest BCUT2D eigenvalue weighted by molar-refractivity contribution is 5.90. The van der Waals surface area contributed by atoms with Crippen LogP contribution in [-0.4, -0.2) is 23.4 Å². The van der Waals surface area contributed by atoms with Crippen LogP contribution in [0.2, 0.25) is 0 Å². The molecule has 0 aliphatic heterocycles. The molecule has 2 amide bonds. The molecular formula is C42H78N2O2. The molecule has 2 unspecified atom stereocenters. The second-order valence-corrected chi connectivity index (χ2v) is 14.7. The molecule has 0 bridgehead atoms. The van der Waals surface area contributed by atoms with Gasteiger partial charge in [-0.1, -0.05) is 193 Å². The number of carbonyl (C=O) groups is 2. The van der Waals surface area contributed by atoms with Gasteiger partial charge < -0.3 is 10.6 Å². The Bertz CT molecular complexity index is 776. The molecule has 1 fully saturated rings. The number of carbonyl (C=O) groups excluding carboxylic acids is 2. The Morgan fingerprint density at radius 1 is 0.500 bits per heavy atom. The molecule has 1 saturated carbocycles. The third-order valence-corrected chi connectivity index (χ3v) is 9.95. The van der Waals surface area contributed by atoms with E-state index in [1.807, 2.05) is 19.1 Å². The van der Waals surface area contributed by atoms with Gasteiger partial charge in [-0.25, -0.2) is 0 Å². The van der Waals surface area contributed by atoms with Crippen LogP contribution in [0.1, 0.15) is 220 Å². The Balaban J connectivity index is 1.91. The first-order valence-electron chi connectivity index (χ1n) is 20.5. The molecule has 0 aromatic carbocycles. The lowest BCUT2D eigenvalue weighted by molar-refractivity contribution is -0.118. The molecule has 0 aromatic heterocycles. The Kier molecular flexibility index (Phi) is 28.4. The van der Waals surface area contributed by atoms with Gasteiger partial charge in [-0.05, 0) is 51.2 Å². The maximum absolute atomic E-state index is 12.4. The van der Waals surface area contributed by atoms with Gasteiger partial charge in [0.2, 0.25) is 11.8 Å². The van der Waals surface area contributed by atoms with Gasteiger partial charge in [-0.3, -0.25) is 9.59 Å². The fraction of sp³-hybridized carbons (Fsp3) is 0.857. The maximum Gasteiger partial charge on any atom is 0.244 e. The minimum Gasteiger partial charge on any atom is -0.347 e. The fourth-order valence-corrected chi connectivity index (χ4v) is 6.55. The summed E-state index contributed by atoms with van der Waals surface area (Å²) in [7, 11) is 0. The summed E-state index contributed by atoms with van der Waals surface area (Å²) in [5.74, 6) is -0.0837. The van der Waals surface area contributed by atoms with Crippen molar-refractivity contribution in [2.45, 2.75) is 231 Å². The summed E-state index contributed by atoms with van der Waals surface area (Å²) in [6.07, 6.45) is 48.3. The predicted octanol–water partition coefficient (Wildman–Crippen LogP) is 12.6. The molecule has 0 saturated heterocycles. The quantitative estimate of drug-likeness (QED) is 0.0542. The van der Waals surface area contributed by atoms with Gasteiger partial charge in [-0.2, -0.15) is 0 Å². The summed E-state index contributed by atoms with van der Waals surface area (Å²) in [4.78, 5) is 24.7. The van der Waals surface area contributed by atoms with Crippen molar-refractivity contribution in [3.63, 3.8) is 0 Å². The molecule has 268 valence electrons. The zero-order valence-electron chi connectivity index (χ0n) is 31.1. The topological polar surface area (TPSA) is 58.2 Å². The van der Waals surface area contributed by atoms with Crippen LogP contribution in [0.5, 0.6) is 0 Å². The molecule has 1 aliphatic rings. The van der Waals surface area contributed by atoms with E-state index in [4.69, 9.17) is 0 Å². The van der Waals surface area contributed by atoms with E-state index in [0.717, 1.165) is 32.1 Å². The van der Waals surface area contributed by atoms with Crippen molar-refractivity contribution in [2.24, 2.45) is 0 Å². The summed E-state index contributed by atoms with van der Waals surface area (Å²) in [5, 5.41) is 6.16. The van der Waals surface area contributed by atoms with Crippen LogP contribution >= 0.6 is 0 Å². The molecule has 0 aromatic rings. The SMILES string of the molecule is CCCCCCCCCCCCCCCCC=CC(=O)NC1CC1(C)NC(=O)C=CCCCCCCCCCCCCCCCC. The first kappa shape index (κ1) is 42.4. The van der Waals surface area contributed by atoms with Gasteiger partial charge in [0.1, 0.15) is 0 Å². The number of rotatable bonds is 34. The van der Waals surface area contributed by atoms with Crippen molar-refractivity contribution in [1.82, 2.24) is 10.6 Å². The first-order valence-corrected chi connectivity index (χ1v) is 20.5. The Morgan fingerprint density at radius 3 is 1.15 bits per heavy atom.